The van der Waals surface area contributed by atoms with Crippen molar-refractivity contribution >= 4 is 34.6 Å². The number of aromatic nitrogens is 2. The van der Waals surface area contributed by atoms with Gasteiger partial charge in [-0.2, -0.15) is 0 Å². The highest BCUT2D eigenvalue weighted by molar-refractivity contribution is 7.80. The molecule has 0 amide bonds. The van der Waals surface area contributed by atoms with Crippen molar-refractivity contribution in [1.82, 2.24) is 14.5 Å². The second kappa shape index (κ2) is 9.90. The maximum absolute atomic E-state index is 6.14. The van der Waals surface area contributed by atoms with Crippen LogP contribution >= 0.6 is 23.8 Å². The van der Waals surface area contributed by atoms with Gasteiger partial charge in [-0.05, 0) is 74.5 Å². The number of anilines is 1. The average Bonchev–Trinajstić information content (AvgIpc) is 3.18. The lowest BCUT2D eigenvalue weighted by Crippen LogP contribution is -2.39. The van der Waals surface area contributed by atoms with Crippen molar-refractivity contribution in [2.24, 2.45) is 5.92 Å². The van der Waals surface area contributed by atoms with Gasteiger partial charge in [-0.1, -0.05) is 23.8 Å². The van der Waals surface area contributed by atoms with Crippen molar-refractivity contribution in [3.63, 3.8) is 0 Å². The Balaban J connectivity index is 1.61. The Morgan fingerprint density at radius 2 is 2.30 bits per heavy atom. The number of rotatable bonds is 7. The SMILES string of the molecule is Cc1cc(NC(=S)N(CCCn2ccnc2)CC2CC=CCC2)ccc1Cl. The maximum atomic E-state index is 6.14. The van der Waals surface area contributed by atoms with Gasteiger partial charge in [0.25, 0.3) is 0 Å². The summed E-state index contributed by atoms with van der Waals surface area (Å²) < 4.78 is 2.11. The van der Waals surface area contributed by atoms with Crippen molar-refractivity contribution < 1.29 is 0 Å². The minimum Gasteiger partial charge on any atom is -0.349 e. The van der Waals surface area contributed by atoms with Crippen LogP contribution in [0.2, 0.25) is 5.02 Å². The zero-order chi connectivity index (χ0) is 19.1. The minimum absolute atomic E-state index is 0.662. The molecule has 3 rings (SSSR count). The van der Waals surface area contributed by atoms with E-state index < -0.39 is 0 Å². The zero-order valence-corrected chi connectivity index (χ0v) is 17.3. The third-order valence-corrected chi connectivity index (χ3v) is 5.74. The maximum Gasteiger partial charge on any atom is 0.173 e. The number of imidazole rings is 1. The van der Waals surface area contributed by atoms with Crippen molar-refractivity contribution in [3.05, 3.63) is 59.7 Å². The Bertz CT molecular complexity index is 772. The molecule has 144 valence electrons. The van der Waals surface area contributed by atoms with Crippen LogP contribution in [0, 0.1) is 12.8 Å². The summed E-state index contributed by atoms with van der Waals surface area (Å²) in [5.41, 5.74) is 2.04. The number of nitrogens with one attached hydrogen (secondary N) is 1. The molecule has 0 bridgehead atoms. The van der Waals surface area contributed by atoms with Crippen LogP contribution in [0.25, 0.3) is 0 Å². The Hall–Kier alpha value is -1.85. The van der Waals surface area contributed by atoms with Crippen molar-refractivity contribution in [2.75, 3.05) is 18.4 Å². The Labute approximate surface area is 172 Å². The van der Waals surface area contributed by atoms with E-state index in [1.807, 2.05) is 43.8 Å². The number of hydrogen-bond acceptors (Lipinski definition) is 2. The normalized spacial score (nSPS) is 16.3. The van der Waals surface area contributed by atoms with Crippen molar-refractivity contribution in [1.29, 1.82) is 0 Å². The fourth-order valence-corrected chi connectivity index (χ4v) is 3.80. The molecule has 1 aromatic heterocycles. The first-order valence-corrected chi connectivity index (χ1v) is 10.3. The highest BCUT2D eigenvalue weighted by atomic mass is 35.5. The number of nitrogens with zero attached hydrogens (tertiary/aromatic N) is 3. The largest absolute Gasteiger partial charge is 0.349 e. The van der Waals surface area contributed by atoms with Gasteiger partial charge in [-0.15, -0.1) is 0 Å². The smallest absolute Gasteiger partial charge is 0.173 e. The molecule has 1 aliphatic carbocycles. The first-order chi connectivity index (χ1) is 13.1. The van der Waals surface area contributed by atoms with Gasteiger partial charge in [0.2, 0.25) is 0 Å². The molecule has 0 fully saturated rings. The average molecular weight is 403 g/mol. The summed E-state index contributed by atoms with van der Waals surface area (Å²) in [5, 5.41) is 4.97. The molecule has 2 aromatic rings. The van der Waals surface area contributed by atoms with Crippen LogP contribution in [0.5, 0.6) is 0 Å². The lowest BCUT2D eigenvalue weighted by atomic mass is 9.94. The predicted octanol–water partition coefficient (Wildman–Crippen LogP) is 5.29. The molecule has 0 radical (unpaired) electrons. The molecule has 1 atom stereocenters. The molecule has 0 aliphatic heterocycles. The van der Waals surface area contributed by atoms with Gasteiger partial charge >= 0.3 is 0 Å². The zero-order valence-electron chi connectivity index (χ0n) is 15.8. The van der Waals surface area contributed by atoms with E-state index in [1.165, 1.54) is 12.8 Å². The topological polar surface area (TPSA) is 33.1 Å². The number of aryl methyl sites for hydroxylation is 2. The van der Waals surface area contributed by atoms with Crippen LogP contribution in [0.1, 0.15) is 31.2 Å². The van der Waals surface area contributed by atoms with E-state index in [0.29, 0.717) is 5.92 Å². The summed E-state index contributed by atoms with van der Waals surface area (Å²) >= 11 is 11.9. The van der Waals surface area contributed by atoms with Gasteiger partial charge in [-0.25, -0.2) is 4.98 Å². The number of benzene rings is 1. The molecule has 0 saturated heterocycles. The number of halogens is 1. The summed E-state index contributed by atoms with van der Waals surface area (Å²) in [4.78, 5) is 6.43. The van der Waals surface area contributed by atoms with Gasteiger partial charge in [-0.3, -0.25) is 0 Å². The highest BCUT2D eigenvalue weighted by Crippen LogP contribution is 2.22. The van der Waals surface area contributed by atoms with Crippen LogP contribution in [0.3, 0.4) is 0 Å². The molecular formula is C21H27ClN4S. The standard InChI is InChI=1S/C21H27ClN4S/c1-17-14-19(8-9-20(17)22)24-21(27)26(15-18-6-3-2-4-7-18)12-5-11-25-13-10-23-16-25/h2-3,8-10,13-14,16,18H,4-7,11-12,15H2,1H3,(H,24,27). The van der Waals surface area contributed by atoms with Crippen LogP contribution in [0.15, 0.2) is 49.1 Å². The quantitative estimate of drug-likeness (QED) is 0.503. The fourth-order valence-electron chi connectivity index (χ4n) is 3.40. The molecule has 0 spiro atoms. The molecule has 27 heavy (non-hydrogen) atoms. The monoisotopic (exact) mass is 402 g/mol. The molecule has 1 heterocycles. The van der Waals surface area contributed by atoms with Crippen LogP contribution in [-0.4, -0.2) is 32.7 Å². The highest BCUT2D eigenvalue weighted by Gasteiger charge is 2.17. The van der Waals surface area contributed by atoms with Gasteiger partial charge in [0.05, 0.1) is 6.33 Å². The van der Waals surface area contributed by atoms with Gasteiger partial charge in [0, 0.05) is 42.7 Å². The molecule has 1 aromatic carbocycles. The third-order valence-electron chi connectivity index (χ3n) is 4.96. The van der Waals surface area contributed by atoms with E-state index >= 15 is 0 Å². The molecule has 4 nitrogen and oxygen atoms in total. The predicted molar refractivity (Wildman–Crippen MR) is 117 cm³/mol. The van der Waals surface area contributed by atoms with Crippen LogP contribution in [-0.2, 0) is 6.54 Å². The van der Waals surface area contributed by atoms with Crippen LogP contribution in [0.4, 0.5) is 5.69 Å². The summed E-state index contributed by atoms with van der Waals surface area (Å²) in [5.74, 6) is 0.662. The summed E-state index contributed by atoms with van der Waals surface area (Å²) in [7, 11) is 0. The fraction of sp³-hybridized carbons (Fsp3) is 0.429. The van der Waals surface area contributed by atoms with E-state index in [9.17, 15) is 0 Å². The first-order valence-electron chi connectivity index (χ1n) is 9.54. The molecule has 1 N–H and O–H groups in total. The summed E-state index contributed by atoms with van der Waals surface area (Å²) in [6.45, 7) is 4.88. The Morgan fingerprint density at radius 1 is 1.41 bits per heavy atom. The lowest BCUT2D eigenvalue weighted by molar-refractivity contribution is 0.316. The van der Waals surface area contributed by atoms with E-state index in [0.717, 1.165) is 53.9 Å². The van der Waals surface area contributed by atoms with Gasteiger partial charge < -0.3 is 14.8 Å². The second-order valence-corrected chi connectivity index (χ2v) is 7.94. The van der Waals surface area contributed by atoms with E-state index in [4.69, 9.17) is 23.8 Å². The van der Waals surface area contributed by atoms with Crippen molar-refractivity contribution in [2.45, 2.75) is 39.2 Å². The Morgan fingerprint density at radius 3 is 3.00 bits per heavy atom. The third kappa shape index (κ3) is 6.08. The van der Waals surface area contributed by atoms with E-state index in [-0.39, 0.29) is 0 Å². The van der Waals surface area contributed by atoms with E-state index in [2.05, 4.69) is 31.9 Å². The van der Waals surface area contributed by atoms with Crippen LogP contribution < -0.4 is 5.32 Å². The molecular weight excluding hydrogens is 376 g/mol. The minimum atomic E-state index is 0.662. The number of hydrogen-bond donors (Lipinski definition) is 1. The summed E-state index contributed by atoms with van der Waals surface area (Å²) in [6.07, 6.45) is 14.8. The molecule has 1 aliphatic rings. The Kier molecular flexibility index (Phi) is 7.30. The number of allylic oxidation sites excluding steroid dienone is 2. The molecule has 0 saturated carbocycles. The van der Waals surface area contributed by atoms with Gasteiger partial charge in [0.15, 0.2) is 5.11 Å². The molecule has 6 heteroatoms. The first kappa shape index (κ1) is 19.9. The lowest BCUT2D eigenvalue weighted by Gasteiger charge is -2.31. The number of thiocarbonyl (C=S) groups is 1. The second-order valence-electron chi connectivity index (χ2n) is 7.14. The molecule has 1 unspecified atom stereocenters. The van der Waals surface area contributed by atoms with Crippen molar-refractivity contribution in [3.8, 4) is 0 Å². The van der Waals surface area contributed by atoms with E-state index in [1.54, 1.807) is 0 Å². The summed E-state index contributed by atoms with van der Waals surface area (Å²) in [6, 6.07) is 5.94. The van der Waals surface area contributed by atoms with Gasteiger partial charge in [0.1, 0.15) is 0 Å².